The Hall–Kier alpha value is -0.610. The fraction of sp³-hybridized carbons (Fsp3) is 0.938. The molecule has 0 aromatic carbocycles. The summed E-state index contributed by atoms with van der Waals surface area (Å²) in [6.45, 7) is 4.15. The van der Waals surface area contributed by atoms with E-state index in [1.165, 1.54) is 38.5 Å². The summed E-state index contributed by atoms with van der Waals surface area (Å²) >= 11 is 0. The summed E-state index contributed by atoms with van der Waals surface area (Å²) in [7, 11) is 0. The standard InChI is InChI=1S/C16H30N2O2/c1-2-20-16(19)15-10-6-7-11-18(15)14-9-5-3-4-8-13(14)12-17/h13-15H,2-12,17H2,1H3. The van der Waals surface area contributed by atoms with Gasteiger partial charge in [0.2, 0.25) is 0 Å². The summed E-state index contributed by atoms with van der Waals surface area (Å²) in [5, 5.41) is 0. The topological polar surface area (TPSA) is 55.6 Å². The van der Waals surface area contributed by atoms with Crippen molar-refractivity contribution in [1.29, 1.82) is 0 Å². The molecule has 1 saturated heterocycles. The summed E-state index contributed by atoms with van der Waals surface area (Å²) < 4.78 is 5.29. The molecule has 0 radical (unpaired) electrons. The zero-order valence-electron chi connectivity index (χ0n) is 12.9. The maximum atomic E-state index is 12.2. The number of ether oxygens (including phenoxy) is 1. The maximum Gasteiger partial charge on any atom is 0.323 e. The number of hydrogen-bond acceptors (Lipinski definition) is 4. The van der Waals surface area contributed by atoms with Crippen LogP contribution in [0.1, 0.15) is 58.3 Å². The Bertz CT molecular complexity index is 309. The Morgan fingerprint density at radius 2 is 1.90 bits per heavy atom. The quantitative estimate of drug-likeness (QED) is 0.635. The van der Waals surface area contributed by atoms with Gasteiger partial charge in [0.05, 0.1) is 6.61 Å². The molecule has 4 heteroatoms. The third-order valence-corrected chi connectivity index (χ3v) is 4.95. The predicted octanol–water partition coefficient (Wildman–Crippen LogP) is 2.31. The van der Waals surface area contributed by atoms with E-state index in [-0.39, 0.29) is 12.0 Å². The van der Waals surface area contributed by atoms with Gasteiger partial charge in [0, 0.05) is 6.04 Å². The van der Waals surface area contributed by atoms with Gasteiger partial charge >= 0.3 is 5.97 Å². The van der Waals surface area contributed by atoms with E-state index >= 15 is 0 Å². The Balaban J connectivity index is 2.10. The molecule has 20 heavy (non-hydrogen) atoms. The average molecular weight is 282 g/mol. The van der Waals surface area contributed by atoms with Crippen LogP contribution < -0.4 is 5.73 Å². The lowest BCUT2D eigenvalue weighted by Crippen LogP contribution is -2.53. The first-order valence-electron chi connectivity index (χ1n) is 8.40. The first-order valence-corrected chi connectivity index (χ1v) is 8.40. The van der Waals surface area contributed by atoms with Crippen molar-refractivity contribution in [2.24, 2.45) is 11.7 Å². The second-order valence-electron chi connectivity index (χ2n) is 6.20. The van der Waals surface area contributed by atoms with E-state index in [1.807, 2.05) is 6.92 Å². The monoisotopic (exact) mass is 282 g/mol. The van der Waals surface area contributed by atoms with Crippen molar-refractivity contribution < 1.29 is 9.53 Å². The molecule has 2 aliphatic rings. The first kappa shape index (κ1) is 15.8. The van der Waals surface area contributed by atoms with Gasteiger partial charge in [-0.25, -0.2) is 0 Å². The minimum atomic E-state index is -0.0270. The van der Waals surface area contributed by atoms with Crippen LogP contribution in [0, 0.1) is 5.92 Å². The number of nitrogens with two attached hydrogens (primary N) is 1. The molecule has 0 bridgehead atoms. The summed E-state index contributed by atoms with van der Waals surface area (Å²) in [4.78, 5) is 14.7. The summed E-state index contributed by atoms with van der Waals surface area (Å²) in [5.41, 5.74) is 6.01. The second-order valence-corrected chi connectivity index (χ2v) is 6.20. The van der Waals surface area contributed by atoms with E-state index in [0.29, 0.717) is 18.6 Å². The number of piperidine rings is 1. The van der Waals surface area contributed by atoms with Crippen molar-refractivity contribution in [3.8, 4) is 0 Å². The van der Waals surface area contributed by atoms with E-state index in [4.69, 9.17) is 10.5 Å². The smallest absolute Gasteiger partial charge is 0.323 e. The van der Waals surface area contributed by atoms with Gasteiger partial charge in [0.15, 0.2) is 0 Å². The third kappa shape index (κ3) is 3.73. The van der Waals surface area contributed by atoms with Crippen LogP contribution in [-0.2, 0) is 9.53 Å². The summed E-state index contributed by atoms with van der Waals surface area (Å²) in [5.74, 6) is 0.528. The molecule has 2 rings (SSSR count). The van der Waals surface area contributed by atoms with E-state index in [9.17, 15) is 4.79 Å². The molecule has 3 unspecified atom stereocenters. The van der Waals surface area contributed by atoms with Crippen LogP contribution in [0.5, 0.6) is 0 Å². The summed E-state index contributed by atoms with van der Waals surface area (Å²) in [6, 6.07) is 0.457. The fourth-order valence-electron chi connectivity index (χ4n) is 3.92. The van der Waals surface area contributed by atoms with Crippen LogP contribution in [0.2, 0.25) is 0 Å². The van der Waals surface area contributed by atoms with Crippen molar-refractivity contribution in [3.63, 3.8) is 0 Å². The summed E-state index contributed by atoms with van der Waals surface area (Å²) in [6.07, 6.45) is 9.57. The number of likely N-dealkylation sites (tertiary alicyclic amines) is 1. The minimum absolute atomic E-state index is 0.0211. The van der Waals surface area contributed by atoms with Crippen LogP contribution in [0.3, 0.4) is 0 Å². The van der Waals surface area contributed by atoms with E-state index in [2.05, 4.69) is 4.90 Å². The molecule has 1 saturated carbocycles. The zero-order valence-corrected chi connectivity index (χ0v) is 12.9. The second kappa shape index (κ2) is 7.99. The Morgan fingerprint density at radius 1 is 1.15 bits per heavy atom. The molecule has 0 spiro atoms. The lowest BCUT2D eigenvalue weighted by molar-refractivity contribution is -0.152. The highest BCUT2D eigenvalue weighted by atomic mass is 16.5. The van der Waals surface area contributed by atoms with Gasteiger partial charge in [-0.15, -0.1) is 0 Å². The van der Waals surface area contributed by atoms with Gasteiger partial charge in [-0.1, -0.05) is 25.7 Å². The molecule has 4 nitrogen and oxygen atoms in total. The minimum Gasteiger partial charge on any atom is -0.465 e. The van der Waals surface area contributed by atoms with Crippen molar-refractivity contribution in [3.05, 3.63) is 0 Å². The Kier molecular flexibility index (Phi) is 6.30. The van der Waals surface area contributed by atoms with Gasteiger partial charge < -0.3 is 10.5 Å². The molecule has 0 amide bonds. The van der Waals surface area contributed by atoms with E-state index < -0.39 is 0 Å². The van der Waals surface area contributed by atoms with Gasteiger partial charge in [0.25, 0.3) is 0 Å². The number of carbonyl (C=O) groups excluding carboxylic acids is 1. The van der Waals surface area contributed by atoms with Crippen LogP contribution in [0.15, 0.2) is 0 Å². The lowest BCUT2D eigenvalue weighted by atomic mass is 9.89. The molecule has 3 atom stereocenters. The van der Waals surface area contributed by atoms with Crippen molar-refractivity contribution in [1.82, 2.24) is 4.90 Å². The highest BCUT2D eigenvalue weighted by Crippen LogP contribution is 2.31. The first-order chi connectivity index (χ1) is 9.77. The van der Waals surface area contributed by atoms with Crippen LogP contribution in [0.4, 0.5) is 0 Å². The number of rotatable bonds is 4. The highest BCUT2D eigenvalue weighted by molar-refractivity contribution is 5.76. The van der Waals surface area contributed by atoms with Crippen LogP contribution in [-0.4, -0.2) is 42.6 Å². The van der Waals surface area contributed by atoms with Crippen molar-refractivity contribution >= 4 is 5.97 Å². The zero-order chi connectivity index (χ0) is 14.4. The van der Waals surface area contributed by atoms with Crippen molar-refractivity contribution in [2.45, 2.75) is 70.4 Å². The van der Waals surface area contributed by atoms with Gasteiger partial charge in [-0.2, -0.15) is 0 Å². The number of nitrogens with zero attached hydrogens (tertiary/aromatic N) is 1. The Morgan fingerprint density at radius 3 is 2.65 bits per heavy atom. The molecule has 2 fully saturated rings. The number of carbonyl (C=O) groups is 1. The molecule has 116 valence electrons. The van der Waals surface area contributed by atoms with Crippen molar-refractivity contribution in [2.75, 3.05) is 19.7 Å². The predicted molar refractivity (Wildman–Crippen MR) is 80.4 cm³/mol. The molecule has 1 aliphatic heterocycles. The SMILES string of the molecule is CCOC(=O)C1CCCCN1C1CCCCCC1CN. The van der Waals surface area contributed by atoms with Gasteiger partial charge in [-0.05, 0) is 51.6 Å². The fourth-order valence-corrected chi connectivity index (χ4v) is 3.92. The normalized spacial score (nSPS) is 32.6. The van der Waals surface area contributed by atoms with E-state index in [1.54, 1.807) is 0 Å². The maximum absolute atomic E-state index is 12.2. The Labute approximate surface area is 123 Å². The molecule has 0 aromatic rings. The molecular formula is C16H30N2O2. The molecule has 2 N–H and O–H groups in total. The number of hydrogen-bond donors (Lipinski definition) is 1. The van der Waals surface area contributed by atoms with Gasteiger partial charge in [-0.3, -0.25) is 9.69 Å². The number of esters is 1. The molecule has 1 aliphatic carbocycles. The van der Waals surface area contributed by atoms with E-state index in [0.717, 1.165) is 25.9 Å². The van der Waals surface area contributed by atoms with Crippen LogP contribution in [0.25, 0.3) is 0 Å². The van der Waals surface area contributed by atoms with Gasteiger partial charge in [0.1, 0.15) is 6.04 Å². The van der Waals surface area contributed by atoms with Crippen LogP contribution >= 0.6 is 0 Å². The third-order valence-electron chi connectivity index (χ3n) is 4.95. The molecular weight excluding hydrogens is 252 g/mol. The largest absolute Gasteiger partial charge is 0.465 e. The lowest BCUT2D eigenvalue weighted by Gasteiger charge is -2.42. The molecule has 1 heterocycles. The highest BCUT2D eigenvalue weighted by Gasteiger charge is 2.37. The molecule has 0 aromatic heterocycles. The average Bonchev–Trinajstić information content (AvgIpc) is 2.72.